The van der Waals surface area contributed by atoms with E-state index in [0.717, 1.165) is 12.1 Å². The first-order chi connectivity index (χ1) is 7.56. The highest BCUT2D eigenvalue weighted by Gasteiger charge is 2.15. The summed E-state index contributed by atoms with van der Waals surface area (Å²) in [6, 6.07) is 1.75. The summed E-state index contributed by atoms with van der Waals surface area (Å²) < 4.78 is 0. The van der Waals surface area contributed by atoms with Crippen molar-refractivity contribution in [2.24, 2.45) is 5.92 Å². The topological polar surface area (TPSA) is 59.2 Å². The number of carbonyl (C=O) groups excluding carboxylic acids is 1. The molecule has 1 atom stereocenters. The van der Waals surface area contributed by atoms with Crippen LogP contribution in [0.5, 0.6) is 0 Å². The summed E-state index contributed by atoms with van der Waals surface area (Å²) in [6.07, 6.45) is 4.75. The standard InChI is InChI=1S/C12H19N3O/c1-4-9(2)7-12(16)15(3)11-5-6-14-8-10(11)13/h5-6,8-9H,4,7,13H2,1-3H3. The highest BCUT2D eigenvalue weighted by Crippen LogP contribution is 2.21. The zero-order chi connectivity index (χ0) is 12.1. The summed E-state index contributed by atoms with van der Waals surface area (Å²) in [6.45, 7) is 4.15. The average molecular weight is 221 g/mol. The van der Waals surface area contributed by atoms with Crippen LogP contribution in [0.2, 0.25) is 0 Å². The van der Waals surface area contributed by atoms with Crippen LogP contribution in [-0.4, -0.2) is 17.9 Å². The van der Waals surface area contributed by atoms with E-state index in [4.69, 9.17) is 5.73 Å². The molecule has 4 nitrogen and oxygen atoms in total. The normalized spacial score (nSPS) is 12.2. The number of nitrogens with zero attached hydrogens (tertiary/aromatic N) is 2. The summed E-state index contributed by atoms with van der Waals surface area (Å²) in [5.41, 5.74) is 7.02. The Hall–Kier alpha value is -1.58. The van der Waals surface area contributed by atoms with E-state index in [1.807, 2.05) is 0 Å². The number of amides is 1. The predicted octanol–water partition coefficient (Wildman–Crippen LogP) is 2.06. The molecular weight excluding hydrogens is 202 g/mol. The number of aromatic nitrogens is 1. The second-order valence-corrected chi connectivity index (χ2v) is 4.10. The van der Waals surface area contributed by atoms with Crippen molar-refractivity contribution in [2.75, 3.05) is 17.7 Å². The monoisotopic (exact) mass is 221 g/mol. The molecule has 0 aliphatic carbocycles. The highest BCUT2D eigenvalue weighted by molar-refractivity contribution is 5.95. The molecule has 0 spiro atoms. The fourth-order valence-corrected chi connectivity index (χ4v) is 1.42. The molecule has 0 aliphatic heterocycles. The third kappa shape index (κ3) is 2.95. The second-order valence-electron chi connectivity index (χ2n) is 4.10. The first kappa shape index (κ1) is 12.5. The number of nitrogen functional groups attached to an aromatic ring is 1. The first-order valence-electron chi connectivity index (χ1n) is 5.52. The lowest BCUT2D eigenvalue weighted by Crippen LogP contribution is -2.28. The number of carbonyl (C=O) groups is 1. The summed E-state index contributed by atoms with van der Waals surface area (Å²) in [5, 5.41) is 0. The molecule has 1 aromatic rings. The molecule has 1 aromatic heterocycles. The molecule has 0 aromatic carbocycles. The summed E-state index contributed by atoms with van der Waals surface area (Å²) in [5.74, 6) is 0.491. The van der Waals surface area contributed by atoms with Gasteiger partial charge >= 0.3 is 0 Å². The number of pyridine rings is 1. The van der Waals surface area contributed by atoms with Crippen LogP contribution in [0.15, 0.2) is 18.5 Å². The van der Waals surface area contributed by atoms with Crippen molar-refractivity contribution in [3.05, 3.63) is 18.5 Å². The third-order valence-electron chi connectivity index (χ3n) is 2.78. The maximum atomic E-state index is 11.9. The number of hydrogen-bond acceptors (Lipinski definition) is 3. The predicted molar refractivity (Wildman–Crippen MR) is 66.1 cm³/mol. The smallest absolute Gasteiger partial charge is 0.227 e. The van der Waals surface area contributed by atoms with Crippen LogP contribution in [0, 0.1) is 5.92 Å². The minimum absolute atomic E-state index is 0.0900. The van der Waals surface area contributed by atoms with Crippen LogP contribution >= 0.6 is 0 Å². The molecule has 0 bridgehead atoms. The Labute approximate surface area is 96.5 Å². The lowest BCUT2D eigenvalue weighted by Gasteiger charge is -2.20. The number of nitrogens with two attached hydrogens (primary N) is 1. The van der Waals surface area contributed by atoms with Crippen molar-refractivity contribution in [3.8, 4) is 0 Å². The largest absolute Gasteiger partial charge is 0.396 e. The molecule has 1 amide bonds. The lowest BCUT2D eigenvalue weighted by atomic mass is 10.0. The summed E-state index contributed by atoms with van der Waals surface area (Å²) in [7, 11) is 1.75. The van der Waals surface area contributed by atoms with Gasteiger partial charge in [0, 0.05) is 19.7 Å². The van der Waals surface area contributed by atoms with Crippen molar-refractivity contribution >= 4 is 17.3 Å². The molecule has 0 saturated heterocycles. The van der Waals surface area contributed by atoms with Gasteiger partial charge in [0.15, 0.2) is 0 Å². The zero-order valence-corrected chi connectivity index (χ0v) is 10.1. The van der Waals surface area contributed by atoms with Gasteiger partial charge in [0.2, 0.25) is 5.91 Å². The van der Waals surface area contributed by atoms with E-state index in [9.17, 15) is 4.79 Å². The van der Waals surface area contributed by atoms with Crippen LogP contribution < -0.4 is 10.6 Å². The van der Waals surface area contributed by atoms with E-state index in [-0.39, 0.29) is 5.91 Å². The Bertz CT molecular complexity index is 365. The van der Waals surface area contributed by atoms with Crippen LogP contribution in [0.1, 0.15) is 26.7 Å². The first-order valence-corrected chi connectivity index (χ1v) is 5.52. The molecule has 0 fully saturated rings. The Balaban J connectivity index is 2.75. The van der Waals surface area contributed by atoms with Crippen molar-refractivity contribution < 1.29 is 4.79 Å². The van der Waals surface area contributed by atoms with Gasteiger partial charge in [-0.25, -0.2) is 0 Å². The van der Waals surface area contributed by atoms with Crippen molar-refractivity contribution in [1.29, 1.82) is 0 Å². The summed E-state index contributed by atoms with van der Waals surface area (Å²) in [4.78, 5) is 17.4. The van der Waals surface area contributed by atoms with E-state index >= 15 is 0 Å². The van der Waals surface area contributed by atoms with Gasteiger partial charge in [0.1, 0.15) is 0 Å². The molecule has 2 N–H and O–H groups in total. The molecule has 1 unspecified atom stereocenters. The molecule has 16 heavy (non-hydrogen) atoms. The molecule has 0 radical (unpaired) electrons. The maximum Gasteiger partial charge on any atom is 0.227 e. The van der Waals surface area contributed by atoms with Gasteiger partial charge in [0.25, 0.3) is 0 Å². The van der Waals surface area contributed by atoms with Crippen LogP contribution in [0.3, 0.4) is 0 Å². The fraction of sp³-hybridized carbons (Fsp3) is 0.500. The summed E-state index contributed by atoms with van der Waals surface area (Å²) >= 11 is 0. The van der Waals surface area contributed by atoms with Crippen LogP contribution in [0.25, 0.3) is 0 Å². The van der Waals surface area contributed by atoms with Gasteiger partial charge in [-0.3, -0.25) is 9.78 Å². The van der Waals surface area contributed by atoms with E-state index in [1.54, 1.807) is 30.4 Å². The van der Waals surface area contributed by atoms with E-state index in [1.165, 1.54) is 0 Å². The number of rotatable bonds is 4. The number of anilines is 2. The zero-order valence-electron chi connectivity index (χ0n) is 10.1. The van der Waals surface area contributed by atoms with E-state index < -0.39 is 0 Å². The Morgan fingerprint density at radius 3 is 2.88 bits per heavy atom. The minimum Gasteiger partial charge on any atom is -0.396 e. The van der Waals surface area contributed by atoms with Gasteiger partial charge in [-0.15, -0.1) is 0 Å². The molecule has 1 heterocycles. The Kier molecular flexibility index (Phi) is 4.28. The number of hydrogen-bond donors (Lipinski definition) is 1. The molecule has 4 heteroatoms. The minimum atomic E-state index is 0.0900. The molecule has 0 aliphatic rings. The van der Waals surface area contributed by atoms with Crippen LogP contribution in [-0.2, 0) is 4.79 Å². The van der Waals surface area contributed by atoms with Gasteiger partial charge in [0.05, 0.1) is 17.6 Å². The average Bonchev–Trinajstić information content (AvgIpc) is 2.28. The maximum absolute atomic E-state index is 11.9. The highest BCUT2D eigenvalue weighted by atomic mass is 16.2. The SMILES string of the molecule is CCC(C)CC(=O)N(C)c1ccncc1N. The lowest BCUT2D eigenvalue weighted by molar-refractivity contribution is -0.119. The quantitative estimate of drug-likeness (QED) is 0.846. The second kappa shape index (κ2) is 5.49. The van der Waals surface area contributed by atoms with E-state index in [0.29, 0.717) is 18.0 Å². The Morgan fingerprint density at radius 2 is 2.31 bits per heavy atom. The van der Waals surface area contributed by atoms with Crippen molar-refractivity contribution in [1.82, 2.24) is 4.98 Å². The molecule has 88 valence electrons. The van der Waals surface area contributed by atoms with Crippen molar-refractivity contribution in [2.45, 2.75) is 26.7 Å². The van der Waals surface area contributed by atoms with Crippen molar-refractivity contribution in [3.63, 3.8) is 0 Å². The molecular formula is C12H19N3O. The van der Waals surface area contributed by atoms with Gasteiger partial charge in [-0.2, -0.15) is 0 Å². The molecule has 0 saturated carbocycles. The molecule has 1 rings (SSSR count). The van der Waals surface area contributed by atoms with Gasteiger partial charge in [-0.1, -0.05) is 20.3 Å². The fourth-order valence-electron chi connectivity index (χ4n) is 1.42. The van der Waals surface area contributed by atoms with Gasteiger partial charge < -0.3 is 10.6 Å². The van der Waals surface area contributed by atoms with E-state index in [2.05, 4.69) is 18.8 Å². The van der Waals surface area contributed by atoms with Crippen LogP contribution in [0.4, 0.5) is 11.4 Å². The third-order valence-corrected chi connectivity index (χ3v) is 2.78. The Morgan fingerprint density at radius 1 is 1.62 bits per heavy atom. The van der Waals surface area contributed by atoms with Gasteiger partial charge in [-0.05, 0) is 12.0 Å².